The van der Waals surface area contributed by atoms with E-state index in [-0.39, 0.29) is 11.6 Å². The Morgan fingerprint density at radius 1 is 0.615 bits per heavy atom. The fourth-order valence-electron chi connectivity index (χ4n) is 4.58. The summed E-state index contributed by atoms with van der Waals surface area (Å²) in [6, 6.07) is 34.9. The van der Waals surface area contributed by atoms with Gasteiger partial charge in [-0.2, -0.15) is 0 Å². The summed E-state index contributed by atoms with van der Waals surface area (Å²) in [5, 5.41) is 21.0. The summed E-state index contributed by atoms with van der Waals surface area (Å²) < 4.78 is 7.62. The van der Waals surface area contributed by atoms with Crippen LogP contribution < -0.4 is 4.74 Å². The van der Waals surface area contributed by atoms with Gasteiger partial charge in [-0.1, -0.05) is 72.8 Å². The first kappa shape index (κ1) is 24.2. The van der Waals surface area contributed by atoms with Crippen LogP contribution in [0, 0.1) is 0 Å². The van der Waals surface area contributed by atoms with Crippen LogP contribution in [0.3, 0.4) is 0 Å². The molecule has 0 bridgehead atoms. The monoisotopic (exact) mass is 513 g/mol. The molecule has 2 N–H and O–H groups in total. The predicted molar refractivity (Wildman–Crippen MR) is 151 cm³/mol. The van der Waals surface area contributed by atoms with Crippen LogP contribution in [0.15, 0.2) is 115 Å². The van der Waals surface area contributed by atoms with Gasteiger partial charge in [-0.15, -0.1) is 0 Å². The Bertz CT molecular complexity index is 1700. The van der Waals surface area contributed by atoms with Crippen LogP contribution in [0.4, 0.5) is 0 Å². The maximum absolute atomic E-state index is 11.2. The maximum atomic E-state index is 11.2. The Hall–Kier alpha value is -5.10. The molecule has 0 unspecified atom stereocenters. The van der Waals surface area contributed by atoms with Crippen molar-refractivity contribution in [3.63, 3.8) is 0 Å². The summed E-state index contributed by atoms with van der Waals surface area (Å²) in [6.07, 6.45) is 2.83. The zero-order valence-corrected chi connectivity index (χ0v) is 21.2. The average Bonchev–Trinajstić information content (AvgIpc) is 3.29. The van der Waals surface area contributed by atoms with Crippen LogP contribution in [0.25, 0.3) is 16.9 Å². The second-order valence-corrected chi connectivity index (χ2v) is 9.45. The molecule has 0 spiro atoms. The lowest BCUT2D eigenvalue weighted by molar-refractivity contribution is 0.306. The molecule has 192 valence electrons. The molecule has 0 saturated carbocycles. The Kier molecular flexibility index (Phi) is 6.66. The van der Waals surface area contributed by atoms with Crippen LogP contribution in [0.2, 0.25) is 0 Å². The standard InChI is InChI=1S/C33H27N3O3/c37-27-15-13-26(14-16-27)31-21-36-32(29(34-31)19-23-7-3-1-4-8-23)35-30(33(36)38)20-24-11-17-28(18-12-24)39-22-25-9-5-2-6-10-25/h1-18,21,37-38H,19-20,22H2. The highest BCUT2D eigenvalue weighted by Gasteiger charge is 2.18. The first-order valence-corrected chi connectivity index (χ1v) is 12.8. The van der Waals surface area contributed by atoms with Crippen molar-refractivity contribution in [1.29, 1.82) is 0 Å². The summed E-state index contributed by atoms with van der Waals surface area (Å²) in [5.41, 5.74) is 6.71. The zero-order valence-electron chi connectivity index (χ0n) is 21.2. The topological polar surface area (TPSA) is 79.9 Å². The van der Waals surface area contributed by atoms with Crippen LogP contribution in [0.1, 0.15) is 28.1 Å². The second-order valence-electron chi connectivity index (χ2n) is 9.45. The molecule has 39 heavy (non-hydrogen) atoms. The molecule has 0 fully saturated rings. The zero-order chi connectivity index (χ0) is 26.6. The third kappa shape index (κ3) is 5.45. The molecule has 0 radical (unpaired) electrons. The van der Waals surface area contributed by atoms with Crippen LogP contribution in [-0.2, 0) is 19.4 Å². The molecular weight excluding hydrogens is 486 g/mol. The molecule has 0 aliphatic heterocycles. The van der Waals surface area contributed by atoms with Crippen molar-refractivity contribution in [1.82, 2.24) is 14.4 Å². The number of benzene rings is 4. The average molecular weight is 514 g/mol. The van der Waals surface area contributed by atoms with Gasteiger partial charge in [0.1, 0.15) is 23.8 Å². The van der Waals surface area contributed by atoms with E-state index in [0.717, 1.165) is 33.7 Å². The van der Waals surface area contributed by atoms with Crippen molar-refractivity contribution >= 4 is 5.65 Å². The van der Waals surface area contributed by atoms with Crippen LogP contribution >= 0.6 is 0 Å². The highest BCUT2D eigenvalue weighted by molar-refractivity contribution is 5.64. The molecule has 6 rings (SSSR count). The largest absolute Gasteiger partial charge is 0.508 e. The first-order valence-electron chi connectivity index (χ1n) is 12.8. The minimum absolute atomic E-state index is 0.0890. The minimum atomic E-state index is 0.0890. The summed E-state index contributed by atoms with van der Waals surface area (Å²) in [6.45, 7) is 0.508. The van der Waals surface area contributed by atoms with Crippen molar-refractivity contribution in [2.75, 3.05) is 0 Å². The van der Waals surface area contributed by atoms with E-state index in [2.05, 4.69) is 12.1 Å². The summed E-state index contributed by atoms with van der Waals surface area (Å²) >= 11 is 0. The van der Waals surface area contributed by atoms with E-state index in [0.29, 0.717) is 36.5 Å². The highest BCUT2D eigenvalue weighted by atomic mass is 16.5. The molecule has 2 heterocycles. The van der Waals surface area contributed by atoms with Gasteiger partial charge < -0.3 is 14.9 Å². The van der Waals surface area contributed by atoms with Crippen molar-refractivity contribution in [2.24, 2.45) is 0 Å². The number of aromatic hydroxyl groups is 2. The van der Waals surface area contributed by atoms with E-state index >= 15 is 0 Å². The first-order chi connectivity index (χ1) is 19.1. The molecule has 6 aromatic rings. The second kappa shape index (κ2) is 10.7. The number of nitrogens with zero attached hydrogens (tertiary/aromatic N) is 3. The molecule has 2 aromatic heterocycles. The summed E-state index contributed by atoms with van der Waals surface area (Å²) in [7, 11) is 0. The number of hydrogen-bond acceptors (Lipinski definition) is 5. The van der Waals surface area contributed by atoms with Gasteiger partial charge in [-0.05, 0) is 53.1 Å². The van der Waals surface area contributed by atoms with Crippen LogP contribution in [-0.4, -0.2) is 24.6 Å². The molecular formula is C33H27N3O3. The van der Waals surface area contributed by atoms with Gasteiger partial charge in [0.15, 0.2) is 5.65 Å². The maximum Gasteiger partial charge on any atom is 0.219 e. The summed E-state index contributed by atoms with van der Waals surface area (Å²) in [4.78, 5) is 9.75. The van der Waals surface area contributed by atoms with E-state index in [1.807, 2.05) is 84.9 Å². The molecule has 6 nitrogen and oxygen atoms in total. The van der Waals surface area contributed by atoms with Gasteiger partial charge in [0.2, 0.25) is 5.88 Å². The Morgan fingerprint density at radius 2 is 1.23 bits per heavy atom. The molecule has 0 atom stereocenters. The third-order valence-electron chi connectivity index (χ3n) is 6.64. The Morgan fingerprint density at radius 3 is 1.92 bits per heavy atom. The normalized spacial score (nSPS) is 11.1. The molecule has 0 aliphatic carbocycles. The number of imidazole rings is 1. The number of ether oxygens (including phenoxy) is 1. The minimum Gasteiger partial charge on any atom is -0.508 e. The van der Waals surface area contributed by atoms with Crippen molar-refractivity contribution in [3.8, 4) is 28.6 Å². The lowest BCUT2D eigenvalue weighted by atomic mass is 10.1. The van der Waals surface area contributed by atoms with E-state index in [4.69, 9.17) is 14.7 Å². The third-order valence-corrected chi connectivity index (χ3v) is 6.64. The van der Waals surface area contributed by atoms with E-state index in [9.17, 15) is 10.2 Å². The Labute approximate surface area is 226 Å². The van der Waals surface area contributed by atoms with E-state index in [1.54, 1.807) is 22.7 Å². The van der Waals surface area contributed by atoms with Gasteiger partial charge in [0.05, 0.1) is 11.4 Å². The fourth-order valence-corrected chi connectivity index (χ4v) is 4.58. The molecule has 0 amide bonds. The van der Waals surface area contributed by atoms with Gasteiger partial charge in [0, 0.05) is 24.6 Å². The van der Waals surface area contributed by atoms with E-state index in [1.165, 1.54) is 0 Å². The van der Waals surface area contributed by atoms with Gasteiger partial charge in [-0.25, -0.2) is 9.97 Å². The SMILES string of the molecule is Oc1ccc(-c2cn3c(O)c(Cc4ccc(OCc5ccccc5)cc4)nc3c(Cc3ccccc3)n2)cc1. The number of hydrogen-bond donors (Lipinski definition) is 2. The number of phenolic OH excluding ortho intramolecular Hbond substituents is 1. The van der Waals surface area contributed by atoms with Crippen molar-refractivity contribution < 1.29 is 14.9 Å². The van der Waals surface area contributed by atoms with Gasteiger partial charge >= 0.3 is 0 Å². The van der Waals surface area contributed by atoms with Gasteiger partial charge in [0.25, 0.3) is 0 Å². The Balaban J connectivity index is 1.30. The lowest BCUT2D eigenvalue weighted by Crippen LogP contribution is -2.00. The van der Waals surface area contributed by atoms with Crippen molar-refractivity contribution in [3.05, 3.63) is 143 Å². The fraction of sp³-hybridized carbons (Fsp3) is 0.0909. The molecule has 0 saturated heterocycles. The number of aromatic nitrogens is 3. The van der Waals surface area contributed by atoms with Gasteiger partial charge in [-0.3, -0.25) is 4.40 Å². The smallest absolute Gasteiger partial charge is 0.219 e. The van der Waals surface area contributed by atoms with Crippen LogP contribution in [0.5, 0.6) is 17.4 Å². The summed E-state index contributed by atoms with van der Waals surface area (Å²) in [5.74, 6) is 1.06. The predicted octanol–water partition coefficient (Wildman–Crippen LogP) is 6.57. The molecule has 4 aromatic carbocycles. The molecule has 6 heteroatoms. The quantitative estimate of drug-likeness (QED) is 0.241. The number of phenols is 1. The highest BCUT2D eigenvalue weighted by Crippen LogP contribution is 2.29. The molecule has 0 aliphatic rings. The lowest BCUT2D eigenvalue weighted by Gasteiger charge is -2.08. The number of fused-ring (bicyclic) bond motifs is 1. The van der Waals surface area contributed by atoms with Crippen molar-refractivity contribution in [2.45, 2.75) is 19.4 Å². The van der Waals surface area contributed by atoms with E-state index < -0.39 is 0 Å². The number of rotatable bonds is 8.